The number of likely N-dealkylation sites (tertiary alicyclic amines) is 2. The normalized spacial score (nSPS) is 20.1. The molecule has 2 aliphatic heterocycles. The first-order chi connectivity index (χ1) is 31.8. The zero-order chi connectivity index (χ0) is 44.5. The Kier molecular flexibility index (Phi) is 14.9. The molecule has 0 spiro atoms. The van der Waals surface area contributed by atoms with Gasteiger partial charge >= 0.3 is 0 Å². The number of anilines is 6. The van der Waals surface area contributed by atoms with Crippen molar-refractivity contribution in [2.75, 3.05) is 84.3 Å². The summed E-state index contributed by atoms with van der Waals surface area (Å²) in [6.07, 6.45) is 20.5. The van der Waals surface area contributed by atoms with Crippen LogP contribution in [-0.4, -0.2) is 86.1 Å². The van der Waals surface area contributed by atoms with E-state index >= 15 is 0 Å². The number of nitrogens with two attached hydrogens (primary N) is 2. The van der Waals surface area contributed by atoms with E-state index in [0.29, 0.717) is 46.0 Å². The molecule has 2 amide bonds. The first-order valence-electron chi connectivity index (χ1n) is 25.3. The number of amides is 2. The number of carbonyl (C=O) groups is 2. The maximum absolute atomic E-state index is 12.8. The third kappa shape index (κ3) is 12.9. The van der Waals surface area contributed by atoms with Gasteiger partial charge in [-0.2, -0.15) is 0 Å². The van der Waals surface area contributed by atoms with E-state index in [1.807, 2.05) is 60.7 Å². The monoisotopic (exact) mass is 879 g/mol. The summed E-state index contributed by atoms with van der Waals surface area (Å²) in [5, 5.41) is 5.86. The van der Waals surface area contributed by atoms with Crippen molar-refractivity contribution in [3.8, 4) is 0 Å². The number of piperidine rings is 2. The van der Waals surface area contributed by atoms with Crippen LogP contribution >= 0.6 is 0 Å². The summed E-state index contributed by atoms with van der Waals surface area (Å²) in [7, 11) is 0. The Morgan fingerprint density at radius 1 is 0.462 bits per heavy atom. The second-order valence-corrected chi connectivity index (χ2v) is 20.4. The molecule has 10 nitrogen and oxygen atoms in total. The van der Waals surface area contributed by atoms with Gasteiger partial charge in [0, 0.05) is 86.9 Å². The number of nitrogen functional groups attached to an aromatic ring is 2. The number of nitrogens with zero attached hydrogens (tertiary/aromatic N) is 4. The molecule has 6 fully saturated rings. The summed E-state index contributed by atoms with van der Waals surface area (Å²) in [6, 6.07) is 32.3. The van der Waals surface area contributed by atoms with Gasteiger partial charge in [0.1, 0.15) is 0 Å². The minimum atomic E-state index is -0.119. The van der Waals surface area contributed by atoms with Crippen LogP contribution in [0.25, 0.3) is 0 Å². The van der Waals surface area contributed by atoms with Gasteiger partial charge < -0.3 is 41.7 Å². The fourth-order valence-corrected chi connectivity index (χ4v) is 10.5. The summed E-state index contributed by atoms with van der Waals surface area (Å²) in [4.78, 5) is 36.1. The Labute approximate surface area is 388 Å². The highest BCUT2D eigenvalue weighted by atomic mass is 16.2. The van der Waals surface area contributed by atoms with Gasteiger partial charge in [-0.05, 0) is 174 Å². The Balaban J connectivity index is 0.000000165. The minimum absolute atomic E-state index is 0.116. The number of benzene rings is 4. The Morgan fingerprint density at radius 2 is 0.831 bits per heavy atom. The minimum Gasteiger partial charge on any atom is -0.397 e. The van der Waals surface area contributed by atoms with Crippen molar-refractivity contribution in [3.63, 3.8) is 0 Å². The Morgan fingerprint density at radius 3 is 1.20 bits per heavy atom. The second kappa shape index (κ2) is 21.5. The van der Waals surface area contributed by atoms with Crippen LogP contribution in [-0.2, 0) is 0 Å². The molecule has 10 rings (SSSR count). The third-order valence-corrected chi connectivity index (χ3v) is 15.1. The predicted octanol–water partition coefficient (Wildman–Crippen LogP) is 10.4. The van der Waals surface area contributed by atoms with Crippen molar-refractivity contribution in [2.45, 2.75) is 108 Å². The number of hydrogen-bond donors (Lipinski definition) is 4. The van der Waals surface area contributed by atoms with Crippen molar-refractivity contribution in [3.05, 3.63) is 108 Å². The molecule has 6 aliphatic rings. The summed E-state index contributed by atoms with van der Waals surface area (Å²) >= 11 is 0. The number of nitrogens with one attached hydrogen (secondary N) is 2. The molecule has 0 bridgehead atoms. The number of para-hydroxylation sites is 4. The van der Waals surface area contributed by atoms with Gasteiger partial charge in [0.25, 0.3) is 11.8 Å². The van der Waals surface area contributed by atoms with E-state index < -0.39 is 0 Å². The first kappa shape index (κ1) is 45.1. The van der Waals surface area contributed by atoms with Crippen LogP contribution in [0.4, 0.5) is 34.1 Å². The molecule has 10 heteroatoms. The number of carbonyl (C=O) groups excluding carboxylic acids is 2. The lowest BCUT2D eigenvalue weighted by Crippen LogP contribution is -2.47. The van der Waals surface area contributed by atoms with Gasteiger partial charge in [-0.15, -0.1) is 0 Å². The zero-order valence-corrected chi connectivity index (χ0v) is 38.7. The highest BCUT2D eigenvalue weighted by Crippen LogP contribution is 2.37. The highest BCUT2D eigenvalue weighted by Gasteiger charge is 2.34. The van der Waals surface area contributed by atoms with E-state index in [1.165, 1.54) is 147 Å². The molecule has 0 aromatic heterocycles. The average Bonchev–Trinajstić information content (AvgIpc) is 4.19. The topological polar surface area (TPSA) is 123 Å². The predicted molar refractivity (Wildman–Crippen MR) is 269 cm³/mol. The van der Waals surface area contributed by atoms with Crippen LogP contribution in [0.5, 0.6) is 0 Å². The standard InChI is InChI=1S/C29H40N4O.C26H34N4O/c30-27-8-4-5-9-28(27)31-29(34)24-12-14-25(15-13-24)33(21-23-10-11-23)26-16-18-32(19-17-26)20-22-6-2-1-3-7-22;27-24-3-1-2-4-25(24)28-26(31)21-9-11-22(12-10-21)30(18-20-7-8-20)23-13-15-29(16-14-23)17-19-5-6-19/h4-5,8-9,12-15,22-23,26H,1-3,6-7,10-11,16-21,30H2,(H,31,34);1-4,9-12,19-20,23H,5-8,13-18,27H2,(H,28,31). The quantitative estimate of drug-likeness (QED) is 0.0821. The van der Waals surface area contributed by atoms with Crippen LogP contribution in [0, 0.1) is 23.7 Å². The van der Waals surface area contributed by atoms with E-state index in [2.05, 4.69) is 54.5 Å². The van der Waals surface area contributed by atoms with Gasteiger partial charge in [0.15, 0.2) is 0 Å². The lowest BCUT2D eigenvalue weighted by Gasteiger charge is -2.41. The molecule has 2 heterocycles. The zero-order valence-electron chi connectivity index (χ0n) is 38.7. The van der Waals surface area contributed by atoms with Crippen LogP contribution in [0.3, 0.4) is 0 Å². The average molecular weight is 879 g/mol. The van der Waals surface area contributed by atoms with E-state index in [4.69, 9.17) is 11.5 Å². The van der Waals surface area contributed by atoms with E-state index in [-0.39, 0.29) is 11.8 Å². The van der Waals surface area contributed by atoms with Gasteiger partial charge in [0.05, 0.1) is 22.7 Å². The molecular formula is C55H74N8O2. The fraction of sp³-hybridized carbons (Fsp3) is 0.527. The molecule has 65 heavy (non-hydrogen) atoms. The Hall–Kier alpha value is -5.06. The van der Waals surface area contributed by atoms with Crippen LogP contribution in [0.15, 0.2) is 97.1 Å². The first-order valence-corrected chi connectivity index (χ1v) is 25.3. The molecule has 0 atom stereocenters. The second-order valence-electron chi connectivity index (χ2n) is 20.4. The lowest BCUT2D eigenvalue weighted by molar-refractivity contribution is 0.101. The number of hydrogen-bond acceptors (Lipinski definition) is 8. The molecule has 4 saturated carbocycles. The molecule has 346 valence electrons. The van der Waals surface area contributed by atoms with Gasteiger partial charge in [-0.1, -0.05) is 43.5 Å². The van der Waals surface area contributed by atoms with E-state index in [1.54, 1.807) is 12.1 Å². The molecule has 0 radical (unpaired) electrons. The van der Waals surface area contributed by atoms with Crippen molar-refractivity contribution < 1.29 is 9.59 Å². The SMILES string of the molecule is Nc1ccccc1NC(=O)c1ccc(N(CC2CC2)C2CCN(CC3CC3)CC2)cc1.Nc1ccccc1NC(=O)c1ccc(N(CC2CC2)C2CCN(CC3CCCCC3)CC2)cc1. The van der Waals surface area contributed by atoms with Crippen molar-refractivity contribution in [2.24, 2.45) is 23.7 Å². The van der Waals surface area contributed by atoms with Crippen molar-refractivity contribution in [1.29, 1.82) is 0 Å². The maximum Gasteiger partial charge on any atom is 0.255 e. The van der Waals surface area contributed by atoms with Gasteiger partial charge in [-0.25, -0.2) is 0 Å². The summed E-state index contributed by atoms with van der Waals surface area (Å²) < 4.78 is 0. The highest BCUT2D eigenvalue weighted by molar-refractivity contribution is 6.06. The maximum atomic E-state index is 12.8. The molecular weight excluding hydrogens is 805 g/mol. The van der Waals surface area contributed by atoms with Gasteiger partial charge in [0.2, 0.25) is 0 Å². The molecule has 4 aliphatic carbocycles. The smallest absolute Gasteiger partial charge is 0.255 e. The van der Waals surface area contributed by atoms with E-state index in [0.717, 1.165) is 36.8 Å². The van der Waals surface area contributed by atoms with Crippen LogP contribution < -0.4 is 31.9 Å². The van der Waals surface area contributed by atoms with Crippen LogP contribution in [0.2, 0.25) is 0 Å². The summed E-state index contributed by atoms with van der Waals surface area (Å²) in [5.41, 5.74) is 18.3. The fourth-order valence-electron chi connectivity index (χ4n) is 10.5. The largest absolute Gasteiger partial charge is 0.397 e. The molecule has 0 unspecified atom stereocenters. The van der Waals surface area contributed by atoms with Crippen molar-refractivity contribution in [1.82, 2.24) is 9.80 Å². The summed E-state index contributed by atoms with van der Waals surface area (Å²) in [5.74, 6) is 3.35. The summed E-state index contributed by atoms with van der Waals surface area (Å²) in [6.45, 7) is 9.82. The molecule has 6 N–H and O–H groups in total. The van der Waals surface area contributed by atoms with Crippen molar-refractivity contribution >= 4 is 45.9 Å². The third-order valence-electron chi connectivity index (χ3n) is 15.1. The molecule has 4 aromatic rings. The lowest BCUT2D eigenvalue weighted by atomic mass is 9.88. The Bertz CT molecular complexity index is 2140. The van der Waals surface area contributed by atoms with Gasteiger partial charge in [-0.3, -0.25) is 9.59 Å². The van der Waals surface area contributed by atoms with Crippen LogP contribution in [0.1, 0.15) is 117 Å². The molecule has 4 aromatic carbocycles. The van der Waals surface area contributed by atoms with E-state index in [9.17, 15) is 9.59 Å². The molecule has 2 saturated heterocycles. The number of rotatable bonds is 16.